The van der Waals surface area contributed by atoms with Gasteiger partial charge in [0.05, 0.1) is 13.2 Å². The van der Waals surface area contributed by atoms with E-state index in [1.54, 1.807) is 19.4 Å². The van der Waals surface area contributed by atoms with E-state index in [-0.39, 0.29) is 11.9 Å². The summed E-state index contributed by atoms with van der Waals surface area (Å²) in [6.45, 7) is 3.40. The highest BCUT2D eigenvalue weighted by atomic mass is 16.5. The molecular weight excluding hydrogens is 318 g/mol. The standard InChI is InChI=1S/C19H25N3O3/c1-13-4-5-15(12-16(13)24-3)19(23)21-17(14-6-10-25-11-7-14)18-20-8-9-22(18)2/h4-5,8-9,12,14,17H,6-7,10-11H2,1-3H3,(H,21,23). The third-order valence-electron chi connectivity index (χ3n) is 4.83. The van der Waals surface area contributed by atoms with Gasteiger partial charge in [-0.2, -0.15) is 0 Å². The van der Waals surface area contributed by atoms with Gasteiger partial charge in [0.25, 0.3) is 5.91 Å². The number of aryl methyl sites for hydroxylation is 2. The first-order chi connectivity index (χ1) is 12.1. The molecule has 2 aromatic rings. The van der Waals surface area contributed by atoms with Crippen molar-refractivity contribution in [3.63, 3.8) is 0 Å². The lowest BCUT2D eigenvalue weighted by Gasteiger charge is -2.30. The van der Waals surface area contributed by atoms with Gasteiger partial charge in [-0.1, -0.05) is 6.07 Å². The van der Waals surface area contributed by atoms with Gasteiger partial charge in [0.2, 0.25) is 0 Å². The average Bonchev–Trinajstić information content (AvgIpc) is 3.06. The molecule has 1 N–H and O–H groups in total. The number of imidazole rings is 1. The number of rotatable bonds is 5. The first-order valence-corrected chi connectivity index (χ1v) is 8.60. The van der Waals surface area contributed by atoms with E-state index in [4.69, 9.17) is 9.47 Å². The van der Waals surface area contributed by atoms with Gasteiger partial charge in [-0.25, -0.2) is 4.98 Å². The second-order valence-electron chi connectivity index (χ2n) is 6.48. The number of nitrogens with zero attached hydrogens (tertiary/aromatic N) is 2. The molecule has 1 fully saturated rings. The first kappa shape index (κ1) is 17.5. The van der Waals surface area contributed by atoms with Gasteiger partial charge in [0, 0.05) is 38.2 Å². The summed E-state index contributed by atoms with van der Waals surface area (Å²) in [6, 6.07) is 5.37. The molecule has 25 heavy (non-hydrogen) atoms. The molecule has 1 amide bonds. The third-order valence-corrected chi connectivity index (χ3v) is 4.83. The molecule has 2 heterocycles. The number of nitrogens with one attached hydrogen (secondary N) is 1. The number of ether oxygens (including phenoxy) is 2. The van der Waals surface area contributed by atoms with Crippen LogP contribution in [0.3, 0.4) is 0 Å². The molecule has 0 aliphatic carbocycles. The van der Waals surface area contributed by atoms with E-state index in [2.05, 4.69) is 10.3 Å². The van der Waals surface area contributed by atoms with Crippen LogP contribution in [0, 0.1) is 12.8 Å². The first-order valence-electron chi connectivity index (χ1n) is 8.60. The van der Waals surface area contributed by atoms with E-state index < -0.39 is 0 Å². The average molecular weight is 343 g/mol. The van der Waals surface area contributed by atoms with Crippen LogP contribution in [0.15, 0.2) is 30.6 Å². The van der Waals surface area contributed by atoms with Crippen molar-refractivity contribution in [1.82, 2.24) is 14.9 Å². The Bertz CT molecular complexity index is 735. The molecule has 1 aromatic carbocycles. The number of carbonyl (C=O) groups is 1. The predicted molar refractivity (Wildman–Crippen MR) is 94.7 cm³/mol. The molecular formula is C19H25N3O3. The summed E-state index contributed by atoms with van der Waals surface area (Å²) in [5.74, 6) is 1.79. The van der Waals surface area contributed by atoms with Crippen LogP contribution in [0.25, 0.3) is 0 Å². The molecule has 134 valence electrons. The number of carbonyl (C=O) groups excluding carboxylic acids is 1. The van der Waals surface area contributed by atoms with E-state index in [1.807, 2.05) is 36.9 Å². The van der Waals surface area contributed by atoms with Gasteiger partial charge in [0.1, 0.15) is 11.6 Å². The van der Waals surface area contributed by atoms with Crippen LogP contribution in [0.5, 0.6) is 5.75 Å². The third kappa shape index (κ3) is 3.85. The zero-order valence-corrected chi connectivity index (χ0v) is 15.0. The van der Waals surface area contributed by atoms with E-state index >= 15 is 0 Å². The summed E-state index contributed by atoms with van der Waals surface area (Å²) >= 11 is 0. The van der Waals surface area contributed by atoms with Crippen molar-refractivity contribution in [3.05, 3.63) is 47.5 Å². The Hall–Kier alpha value is -2.34. The Labute approximate surface area is 148 Å². The van der Waals surface area contributed by atoms with Crippen molar-refractivity contribution in [1.29, 1.82) is 0 Å². The van der Waals surface area contributed by atoms with E-state index in [9.17, 15) is 4.79 Å². The fourth-order valence-electron chi connectivity index (χ4n) is 3.31. The molecule has 6 nitrogen and oxygen atoms in total. The highest BCUT2D eigenvalue weighted by molar-refractivity contribution is 5.95. The van der Waals surface area contributed by atoms with Gasteiger partial charge >= 0.3 is 0 Å². The van der Waals surface area contributed by atoms with Crippen molar-refractivity contribution in [2.24, 2.45) is 13.0 Å². The number of methoxy groups -OCH3 is 1. The van der Waals surface area contributed by atoms with E-state index in [0.29, 0.717) is 17.2 Å². The van der Waals surface area contributed by atoms with Crippen LogP contribution in [0.4, 0.5) is 0 Å². The molecule has 0 bridgehead atoms. The molecule has 6 heteroatoms. The number of hydrogen-bond acceptors (Lipinski definition) is 4. The molecule has 0 saturated carbocycles. The molecule has 1 unspecified atom stereocenters. The highest BCUT2D eigenvalue weighted by Gasteiger charge is 2.30. The van der Waals surface area contributed by atoms with Gasteiger partial charge < -0.3 is 19.4 Å². The van der Waals surface area contributed by atoms with Gasteiger partial charge in [-0.15, -0.1) is 0 Å². The fraction of sp³-hybridized carbons (Fsp3) is 0.474. The summed E-state index contributed by atoms with van der Waals surface area (Å²) in [5, 5.41) is 3.18. The maximum absolute atomic E-state index is 12.8. The Morgan fingerprint density at radius 1 is 1.40 bits per heavy atom. The van der Waals surface area contributed by atoms with Crippen LogP contribution in [-0.4, -0.2) is 35.8 Å². The second kappa shape index (κ2) is 7.70. The summed E-state index contributed by atoms with van der Waals surface area (Å²) in [4.78, 5) is 17.3. The lowest BCUT2D eigenvalue weighted by molar-refractivity contribution is 0.0499. The van der Waals surface area contributed by atoms with Crippen molar-refractivity contribution in [2.45, 2.75) is 25.8 Å². The molecule has 1 aromatic heterocycles. The topological polar surface area (TPSA) is 65.4 Å². The number of aromatic nitrogens is 2. The minimum Gasteiger partial charge on any atom is -0.496 e. The lowest BCUT2D eigenvalue weighted by atomic mass is 9.90. The zero-order chi connectivity index (χ0) is 17.8. The largest absolute Gasteiger partial charge is 0.496 e. The monoisotopic (exact) mass is 343 g/mol. The molecule has 1 saturated heterocycles. The van der Waals surface area contributed by atoms with Crippen molar-refractivity contribution in [2.75, 3.05) is 20.3 Å². The summed E-state index contributed by atoms with van der Waals surface area (Å²) in [7, 11) is 3.57. The van der Waals surface area contributed by atoms with Gasteiger partial charge in [-0.05, 0) is 43.4 Å². The molecule has 0 spiro atoms. The Morgan fingerprint density at radius 2 is 2.16 bits per heavy atom. The summed E-state index contributed by atoms with van der Waals surface area (Å²) in [6.07, 6.45) is 5.50. The quantitative estimate of drug-likeness (QED) is 0.906. The van der Waals surface area contributed by atoms with Crippen LogP contribution in [0.2, 0.25) is 0 Å². The SMILES string of the molecule is COc1cc(C(=O)NC(c2nccn2C)C2CCOCC2)ccc1C. The smallest absolute Gasteiger partial charge is 0.252 e. The fourth-order valence-corrected chi connectivity index (χ4v) is 3.31. The second-order valence-corrected chi connectivity index (χ2v) is 6.48. The normalized spacial score (nSPS) is 16.4. The van der Waals surface area contributed by atoms with Crippen LogP contribution >= 0.6 is 0 Å². The molecule has 0 radical (unpaired) electrons. The van der Waals surface area contributed by atoms with Gasteiger partial charge in [-0.3, -0.25) is 4.79 Å². The summed E-state index contributed by atoms with van der Waals surface area (Å²) in [5.41, 5.74) is 1.60. The van der Waals surface area contributed by atoms with Crippen molar-refractivity contribution >= 4 is 5.91 Å². The number of benzene rings is 1. The Kier molecular flexibility index (Phi) is 5.38. The maximum atomic E-state index is 12.8. The van der Waals surface area contributed by atoms with Crippen molar-refractivity contribution in [3.8, 4) is 5.75 Å². The van der Waals surface area contributed by atoms with E-state index in [0.717, 1.165) is 37.4 Å². The Balaban J connectivity index is 1.84. The van der Waals surface area contributed by atoms with Crippen molar-refractivity contribution < 1.29 is 14.3 Å². The minimum atomic E-state index is -0.135. The number of hydrogen-bond donors (Lipinski definition) is 1. The van der Waals surface area contributed by atoms with Gasteiger partial charge in [0.15, 0.2) is 0 Å². The minimum absolute atomic E-state index is 0.113. The molecule has 1 aliphatic heterocycles. The summed E-state index contributed by atoms with van der Waals surface area (Å²) < 4.78 is 12.8. The van der Waals surface area contributed by atoms with Crippen LogP contribution < -0.4 is 10.1 Å². The number of amides is 1. The Morgan fingerprint density at radius 3 is 2.80 bits per heavy atom. The highest BCUT2D eigenvalue weighted by Crippen LogP contribution is 2.29. The molecule has 1 atom stereocenters. The lowest BCUT2D eigenvalue weighted by Crippen LogP contribution is -2.37. The zero-order valence-electron chi connectivity index (χ0n) is 15.0. The maximum Gasteiger partial charge on any atom is 0.252 e. The van der Waals surface area contributed by atoms with Crippen LogP contribution in [0.1, 0.15) is 40.6 Å². The molecule has 1 aliphatic rings. The van der Waals surface area contributed by atoms with Crippen LogP contribution in [-0.2, 0) is 11.8 Å². The van der Waals surface area contributed by atoms with E-state index in [1.165, 1.54) is 0 Å². The molecule has 3 rings (SSSR count). The predicted octanol–water partition coefficient (Wildman–Crippen LogP) is 2.63.